The fourth-order valence-corrected chi connectivity index (χ4v) is 1.83. The minimum atomic E-state index is 0. The van der Waals surface area contributed by atoms with Crippen LogP contribution in [-0.2, 0) is 11.4 Å². The van der Waals surface area contributed by atoms with Gasteiger partial charge in [-0.1, -0.05) is 30.2 Å². The Bertz CT molecular complexity index is 316. The van der Waals surface area contributed by atoms with Crippen LogP contribution in [0.4, 0.5) is 0 Å². The molecule has 0 aliphatic heterocycles. The molecule has 1 aromatic rings. The fraction of sp³-hybridized carbons (Fsp3) is 0.500. The number of hydrogen-bond donors (Lipinski definition) is 1. The normalized spacial score (nSPS) is 15.3. The second-order valence-electron chi connectivity index (χ2n) is 4.06. The first-order chi connectivity index (χ1) is 7.34. The van der Waals surface area contributed by atoms with Crippen LogP contribution in [0, 0.1) is 5.92 Å². The topological polar surface area (TPSA) is 21.3 Å². The van der Waals surface area contributed by atoms with E-state index in [1.807, 2.05) is 24.3 Å². The van der Waals surface area contributed by atoms with Gasteiger partial charge in [0, 0.05) is 11.6 Å². The highest BCUT2D eigenvalue weighted by Gasteiger charge is 2.17. The van der Waals surface area contributed by atoms with Crippen LogP contribution < -0.4 is 5.48 Å². The first-order valence-corrected chi connectivity index (χ1v) is 5.81. The van der Waals surface area contributed by atoms with Crippen LogP contribution in [0.15, 0.2) is 24.3 Å². The summed E-state index contributed by atoms with van der Waals surface area (Å²) in [7, 11) is 0. The molecule has 0 amide bonds. The maximum absolute atomic E-state index is 5.87. The van der Waals surface area contributed by atoms with E-state index < -0.39 is 0 Å². The Kier molecular flexibility index (Phi) is 6.14. The van der Waals surface area contributed by atoms with Crippen molar-refractivity contribution in [1.29, 1.82) is 0 Å². The maximum Gasteiger partial charge on any atom is 0.0710 e. The van der Waals surface area contributed by atoms with E-state index in [2.05, 4.69) is 5.48 Å². The van der Waals surface area contributed by atoms with Crippen molar-refractivity contribution in [3.63, 3.8) is 0 Å². The van der Waals surface area contributed by atoms with Crippen LogP contribution in [0.1, 0.15) is 24.8 Å². The second-order valence-corrected chi connectivity index (χ2v) is 4.50. The molecule has 0 atom stereocenters. The number of nitrogens with one attached hydrogen (secondary N) is 1. The van der Waals surface area contributed by atoms with E-state index in [1.165, 1.54) is 19.3 Å². The van der Waals surface area contributed by atoms with Gasteiger partial charge in [-0.3, -0.25) is 0 Å². The van der Waals surface area contributed by atoms with Gasteiger partial charge in [-0.05, 0) is 36.5 Å². The Morgan fingerprint density at radius 2 is 2.19 bits per heavy atom. The highest BCUT2D eigenvalue weighted by Crippen LogP contribution is 2.25. The zero-order valence-corrected chi connectivity index (χ0v) is 10.7. The molecule has 1 aromatic carbocycles. The van der Waals surface area contributed by atoms with Gasteiger partial charge in [0.05, 0.1) is 6.61 Å². The Morgan fingerprint density at radius 1 is 1.38 bits per heavy atom. The molecule has 1 aliphatic carbocycles. The summed E-state index contributed by atoms with van der Waals surface area (Å²) in [6.07, 6.45) is 4.00. The maximum atomic E-state index is 5.87. The van der Waals surface area contributed by atoms with Crippen LogP contribution >= 0.6 is 24.0 Å². The van der Waals surface area contributed by atoms with E-state index in [0.717, 1.165) is 23.1 Å². The van der Waals surface area contributed by atoms with E-state index in [-0.39, 0.29) is 12.4 Å². The quantitative estimate of drug-likeness (QED) is 0.646. The molecule has 0 unspecified atom stereocenters. The summed E-state index contributed by atoms with van der Waals surface area (Å²) in [4.78, 5) is 5.39. The average Bonchev–Trinajstić information content (AvgIpc) is 2.15. The van der Waals surface area contributed by atoms with Crippen LogP contribution in [0.2, 0.25) is 5.02 Å². The van der Waals surface area contributed by atoms with Gasteiger partial charge in [0.15, 0.2) is 0 Å². The van der Waals surface area contributed by atoms with Gasteiger partial charge < -0.3 is 4.84 Å². The minimum absolute atomic E-state index is 0. The van der Waals surface area contributed by atoms with Crippen molar-refractivity contribution in [1.82, 2.24) is 5.48 Å². The van der Waals surface area contributed by atoms with Gasteiger partial charge >= 0.3 is 0 Å². The van der Waals surface area contributed by atoms with Crippen molar-refractivity contribution in [2.24, 2.45) is 5.92 Å². The molecule has 1 fully saturated rings. The molecule has 4 heteroatoms. The third-order valence-electron chi connectivity index (χ3n) is 2.81. The number of benzene rings is 1. The standard InChI is InChI=1S/C12H16ClNO.ClH/c13-12-6-2-5-11(7-12)8-14-15-9-10-3-1-4-10;/h2,5-7,10,14H,1,3-4,8-9H2;1H. The van der Waals surface area contributed by atoms with E-state index in [4.69, 9.17) is 16.4 Å². The summed E-state index contributed by atoms with van der Waals surface area (Å²) >= 11 is 5.87. The van der Waals surface area contributed by atoms with Crippen LogP contribution in [0.5, 0.6) is 0 Å². The molecule has 1 saturated carbocycles. The number of hydroxylamine groups is 1. The molecule has 90 valence electrons. The molecule has 16 heavy (non-hydrogen) atoms. The molecule has 0 heterocycles. The SMILES string of the molecule is Cl.Clc1cccc(CNOCC2CCC2)c1. The summed E-state index contributed by atoms with van der Waals surface area (Å²) < 4.78 is 0. The van der Waals surface area contributed by atoms with Gasteiger partial charge in [0.1, 0.15) is 0 Å². The lowest BCUT2D eigenvalue weighted by Crippen LogP contribution is -2.23. The van der Waals surface area contributed by atoms with Crippen molar-refractivity contribution in [2.75, 3.05) is 6.61 Å². The van der Waals surface area contributed by atoms with E-state index in [1.54, 1.807) is 0 Å². The summed E-state index contributed by atoms with van der Waals surface area (Å²) in [5, 5.41) is 0.772. The Hall–Kier alpha value is -0.280. The predicted molar refractivity (Wildman–Crippen MR) is 68.8 cm³/mol. The van der Waals surface area contributed by atoms with Crippen molar-refractivity contribution in [3.8, 4) is 0 Å². The lowest BCUT2D eigenvalue weighted by molar-refractivity contribution is -0.00424. The van der Waals surface area contributed by atoms with Gasteiger partial charge in [-0.2, -0.15) is 5.48 Å². The lowest BCUT2D eigenvalue weighted by Gasteiger charge is -2.24. The van der Waals surface area contributed by atoms with Crippen LogP contribution in [0.25, 0.3) is 0 Å². The van der Waals surface area contributed by atoms with Crippen molar-refractivity contribution >= 4 is 24.0 Å². The van der Waals surface area contributed by atoms with Gasteiger partial charge in [-0.15, -0.1) is 12.4 Å². The van der Waals surface area contributed by atoms with Crippen LogP contribution in [-0.4, -0.2) is 6.61 Å². The Labute approximate surface area is 108 Å². The smallest absolute Gasteiger partial charge is 0.0710 e. The van der Waals surface area contributed by atoms with Crippen molar-refractivity contribution in [2.45, 2.75) is 25.8 Å². The zero-order chi connectivity index (χ0) is 10.5. The highest BCUT2D eigenvalue weighted by molar-refractivity contribution is 6.30. The molecule has 1 N–H and O–H groups in total. The minimum Gasteiger partial charge on any atom is -0.301 e. The summed E-state index contributed by atoms with van der Waals surface area (Å²) in [5.74, 6) is 0.775. The van der Waals surface area contributed by atoms with Gasteiger partial charge in [0.25, 0.3) is 0 Å². The molecule has 0 saturated heterocycles. The molecule has 0 aromatic heterocycles. The predicted octanol–water partition coefficient (Wildman–Crippen LogP) is 3.58. The molecule has 2 rings (SSSR count). The number of halogens is 2. The third kappa shape index (κ3) is 4.30. The first kappa shape index (κ1) is 13.8. The largest absolute Gasteiger partial charge is 0.301 e. The lowest BCUT2D eigenvalue weighted by atomic mass is 9.86. The fourth-order valence-electron chi connectivity index (χ4n) is 1.62. The summed E-state index contributed by atoms with van der Waals surface area (Å²) in [6.45, 7) is 1.55. The molecule has 0 radical (unpaired) electrons. The molecule has 0 bridgehead atoms. The Balaban J connectivity index is 0.00000128. The van der Waals surface area contributed by atoms with E-state index in [0.29, 0.717) is 6.54 Å². The number of hydrogen-bond acceptors (Lipinski definition) is 2. The van der Waals surface area contributed by atoms with Gasteiger partial charge in [-0.25, -0.2) is 0 Å². The molecular formula is C12H17Cl2NO. The zero-order valence-electron chi connectivity index (χ0n) is 9.12. The molecule has 1 aliphatic rings. The van der Waals surface area contributed by atoms with Crippen molar-refractivity contribution < 1.29 is 4.84 Å². The average molecular weight is 262 g/mol. The molecule has 2 nitrogen and oxygen atoms in total. The van der Waals surface area contributed by atoms with Crippen molar-refractivity contribution in [3.05, 3.63) is 34.9 Å². The monoisotopic (exact) mass is 261 g/mol. The van der Waals surface area contributed by atoms with E-state index in [9.17, 15) is 0 Å². The summed E-state index contributed by atoms with van der Waals surface area (Å²) in [6, 6.07) is 7.80. The Morgan fingerprint density at radius 3 is 2.81 bits per heavy atom. The highest BCUT2D eigenvalue weighted by atomic mass is 35.5. The summed E-state index contributed by atoms with van der Waals surface area (Å²) in [5.41, 5.74) is 4.12. The number of rotatable bonds is 5. The van der Waals surface area contributed by atoms with E-state index >= 15 is 0 Å². The van der Waals surface area contributed by atoms with Crippen LogP contribution in [0.3, 0.4) is 0 Å². The second kappa shape index (κ2) is 7.13. The molecular weight excluding hydrogens is 245 g/mol. The van der Waals surface area contributed by atoms with Gasteiger partial charge in [0.2, 0.25) is 0 Å². The third-order valence-corrected chi connectivity index (χ3v) is 3.05. The first-order valence-electron chi connectivity index (χ1n) is 5.44. The molecule has 0 spiro atoms.